The molecule has 0 heterocycles. The second kappa shape index (κ2) is 5.79. The van der Waals surface area contributed by atoms with E-state index in [9.17, 15) is 4.79 Å². The Morgan fingerprint density at radius 2 is 2.23 bits per heavy atom. The average Bonchev–Trinajstić information content (AvgIpc) is 2.11. The molecule has 0 aliphatic heterocycles. The molecule has 3 N–H and O–H groups in total. The molecule has 70 valence electrons. The van der Waals surface area contributed by atoms with E-state index in [1.54, 1.807) is 0 Å². The van der Waals surface area contributed by atoms with E-state index in [2.05, 4.69) is 9.58 Å². The molecule has 0 aliphatic rings. The molecule has 0 rings (SSSR count). The Balaban J connectivity index is 4.08. The second-order valence-electron chi connectivity index (χ2n) is 2.32. The molecule has 0 radical (unpaired) electrons. The lowest BCUT2D eigenvalue weighted by molar-refractivity contribution is -0.138. The Bertz CT molecular complexity index is 287. The molecule has 13 heavy (non-hydrogen) atoms. The van der Waals surface area contributed by atoms with Crippen LogP contribution in [0, 0.1) is 0 Å². The van der Waals surface area contributed by atoms with Crippen molar-refractivity contribution in [2.45, 2.75) is 18.9 Å². The van der Waals surface area contributed by atoms with E-state index >= 15 is 0 Å². The molecule has 0 aliphatic carbocycles. The second-order valence-corrected chi connectivity index (χ2v) is 2.32. The van der Waals surface area contributed by atoms with E-state index in [1.165, 1.54) is 0 Å². The minimum Gasteiger partial charge on any atom is -0.480 e. The van der Waals surface area contributed by atoms with Crippen molar-refractivity contribution in [3.05, 3.63) is 11.1 Å². The third kappa shape index (κ3) is 4.60. The van der Waals surface area contributed by atoms with Crippen LogP contribution in [0.15, 0.2) is 0 Å². The molecule has 0 spiro atoms. The van der Waals surface area contributed by atoms with E-state index in [4.69, 9.17) is 21.9 Å². The van der Waals surface area contributed by atoms with Crippen LogP contribution in [0.2, 0.25) is 0 Å². The largest absolute Gasteiger partial charge is 0.480 e. The highest BCUT2D eigenvalue weighted by Gasteiger charge is 2.16. The number of nitrogens with two attached hydrogens (primary N) is 1. The normalized spacial score (nSPS) is 10.8. The number of carboxylic acids is 1. The number of aliphatic carboxylic acids is 1. The summed E-state index contributed by atoms with van der Waals surface area (Å²) in [7, 11) is 0. The molecule has 0 amide bonds. The van der Waals surface area contributed by atoms with Gasteiger partial charge in [0.05, 0.1) is 6.42 Å². The van der Waals surface area contributed by atoms with Crippen LogP contribution in [0.5, 0.6) is 0 Å². The highest BCUT2D eigenvalue weighted by atomic mass is 16.4. The molecule has 1 atom stereocenters. The average molecular weight is 183 g/mol. The minimum atomic E-state index is -1.13. The SMILES string of the molecule is [N-]=[N+]=CC(CC[C@H](N)C(=O)O)=[N+]=[N-]. The Kier molecular flexibility index (Phi) is 4.99. The fourth-order valence-electron chi connectivity index (χ4n) is 0.634. The summed E-state index contributed by atoms with van der Waals surface area (Å²) >= 11 is 0. The van der Waals surface area contributed by atoms with Crippen LogP contribution in [0.25, 0.3) is 11.1 Å². The van der Waals surface area contributed by atoms with Gasteiger partial charge in [-0.1, -0.05) is 0 Å². The topological polar surface area (TPSA) is 136 Å². The molecule has 0 bridgehead atoms. The standard InChI is InChI=1S/C6H9N5O2/c7-5(6(12)13)2-1-4(11-9)3-10-8/h3,5H,1-2,7H2,(H,12,13)/t5-/m0/s1. The molecule has 0 aromatic carbocycles. The first-order valence-corrected chi connectivity index (χ1v) is 3.48. The van der Waals surface area contributed by atoms with Crippen molar-refractivity contribution in [1.29, 1.82) is 0 Å². The third-order valence-corrected chi connectivity index (χ3v) is 1.36. The van der Waals surface area contributed by atoms with E-state index in [0.717, 1.165) is 6.21 Å². The Morgan fingerprint density at radius 3 is 2.62 bits per heavy atom. The first-order chi connectivity index (χ1) is 6.11. The highest BCUT2D eigenvalue weighted by Crippen LogP contribution is 1.94. The molecular weight excluding hydrogens is 174 g/mol. The maximum Gasteiger partial charge on any atom is 0.372 e. The molecule has 0 saturated carbocycles. The zero-order valence-electron chi connectivity index (χ0n) is 6.79. The van der Waals surface area contributed by atoms with Crippen LogP contribution in [0.4, 0.5) is 0 Å². The lowest BCUT2D eigenvalue weighted by Crippen LogP contribution is -2.30. The van der Waals surface area contributed by atoms with Gasteiger partial charge in [-0.15, -0.1) is 0 Å². The summed E-state index contributed by atoms with van der Waals surface area (Å²) in [5.74, 6) is -1.13. The van der Waals surface area contributed by atoms with Crippen LogP contribution >= 0.6 is 0 Å². The molecule has 0 aromatic rings. The van der Waals surface area contributed by atoms with E-state index in [0.29, 0.717) is 0 Å². The van der Waals surface area contributed by atoms with Crippen molar-refractivity contribution in [2.75, 3.05) is 0 Å². The van der Waals surface area contributed by atoms with Gasteiger partial charge in [-0.25, -0.2) is 0 Å². The van der Waals surface area contributed by atoms with Gasteiger partial charge in [0.15, 0.2) is 0 Å². The van der Waals surface area contributed by atoms with Crippen LogP contribution in [-0.4, -0.2) is 38.6 Å². The fourth-order valence-corrected chi connectivity index (χ4v) is 0.634. The van der Waals surface area contributed by atoms with Gasteiger partial charge in [-0.3, -0.25) is 4.79 Å². The van der Waals surface area contributed by atoms with Gasteiger partial charge in [0.2, 0.25) is 0 Å². The Morgan fingerprint density at radius 1 is 1.62 bits per heavy atom. The number of rotatable bonds is 5. The predicted octanol–water partition coefficient (Wildman–Crippen LogP) is -0.850. The van der Waals surface area contributed by atoms with Crippen molar-refractivity contribution in [3.63, 3.8) is 0 Å². The predicted molar refractivity (Wildman–Crippen MR) is 43.2 cm³/mol. The van der Waals surface area contributed by atoms with Crippen LogP contribution < -0.4 is 5.73 Å². The van der Waals surface area contributed by atoms with Crippen molar-refractivity contribution in [1.82, 2.24) is 0 Å². The van der Waals surface area contributed by atoms with Gasteiger partial charge in [0, 0.05) is 0 Å². The summed E-state index contributed by atoms with van der Waals surface area (Å²) in [6, 6.07) is -1.01. The van der Waals surface area contributed by atoms with Crippen molar-refractivity contribution >= 4 is 17.9 Å². The highest BCUT2D eigenvalue weighted by molar-refractivity contribution is 6.25. The monoisotopic (exact) mass is 183 g/mol. The van der Waals surface area contributed by atoms with E-state index < -0.39 is 12.0 Å². The quantitative estimate of drug-likeness (QED) is 0.326. The van der Waals surface area contributed by atoms with E-state index in [1.807, 2.05) is 0 Å². The number of carboxylic acid groups (broad SMARTS) is 1. The first-order valence-electron chi connectivity index (χ1n) is 3.48. The van der Waals surface area contributed by atoms with Crippen molar-refractivity contribution < 1.29 is 19.5 Å². The maximum absolute atomic E-state index is 10.2. The summed E-state index contributed by atoms with van der Waals surface area (Å²) in [6.45, 7) is 0. The Hall–Kier alpha value is -1.81. The molecule has 0 saturated heterocycles. The maximum atomic E-state index is 10.2. The van der Waals surface area contributed by atoms with Crippen molar-refractivity contribution in [3.8, 4) is 0 Å². The molecule has 7 heteroatoms. The lowest BCUT2D eigenvalue weighted by Gasteiger charge is -2.00. The number of carbonyl (C=O) groups is 1. The zero-order chi connectivity index (χ0) is 10.3. The van der Waals surface area contributed by atoms with Crippen LogP contribution in [0.1, 0.15) is 12.8 Å². The molecule has 7 nitrogen and oxygen atoms in total. The lowest BCUT2D eigenvalue weighted by atomic mass is 10.1. The van der Waals surface area contributed by atoms with Crippen molar-refractivity contribution in [2.24, 2.45) is 5.73 Å². The van der Waals surface area contributed by atoms with Gasteiger partial charge >= 0.3 is 17.9 Å². The van der Waals surface area contributed by atoms with Crippen LogP contribution in [0.3, 0.4) is 0 Å². The van der Waals surface area contributed by atoms with Gasteiger partial charge in [-0.05, 0) is 6.42 Å². The minimum absolute atomic E-state index is 0.0687. The summed E-state index contributed by atoms with van der Waals surface area (Å²) < 4.78 is 0. The summed E-state index contributed by atoms with van der Waals surface area (Å²) in [4.78, 5) is 15.6. The smallest absolute Gasteiger partial charge is 0.372 e. The van der Waals surface area contributed by atoms with Gasteiger partial charge in [0.1, 0.15) is 6.04 Å². The van der Waals surface area contributed by atoms with Crippen LogP contribution in [-0.2, 0) is 4.79 Å². The van der Waals surface area contributed by atoms with Gasteiger partial charge in [0.25, 0.3) is 0 Å². The zero-order valence-corrected chi connectivity index (χ0v) is 6.79. The van der Waals surface area contributed by atoms with Gasteiger partial charge < -0.3 is 21.9 Å². The Labute approximate surface area is 74.0 Å². The summed E-state index contributed by atoms with van der Waals surface area (Å²) in [5.41, 5.74) is 21.6. The number of hydrogen-bond donors (Lipinski definition) is 2. The summed E-state index contributed by atoms with van der Waals surface area (Å²) in [5, 5.41) is 8.39. The number of hydrogen-bond acceptors (Lipinski definition) is 2. The van der Waals surface area contributed by atoms with E-state index in [-0.39, 0.29) is 18.6 Å². The molecule has 0 aromatic heterocycles. The fraction of sp³-hybridized carbons (Fsp3) is 0.500. The molecular formula is C6H9N5O2. The number of nitrogens with zero attached hydrogens (tertiary/aromatic N) is 4. The first kappa shape index (κ1) is 11.2. The third-order valence-electron chi connectivity index (χ3n) is 1.36. The van der Waals surface area contributed by atoms with Gasteiger partial charge in [-0.2, -0.15) is 9.58 Å². The molecule has 0 unspecified atom stereocenters. The summed E-state index contributed by atoms with van der Waals surface area (Å²) in [6.07, 6.45) is 1.16. The molecule has 0 fully saturated rings.